The van der Waals surface area contributed by atoms with Crippen LogP contribution in [0, 0.1) is 5.82 Å². The lowest BCUT2D eigenvalue weighted by Crippen LogP contribution is -2.39. The molecule has 0 spiro atoms. The van der Waals surface area contributed by atoms with Crippen molar-refractivity contribution in [3.05, 3.63) is 66.8 Å². The number of ether oxygens (including phenoxy) is 1. The summed E-state index contributed by atoms with van der Waals surface area (Å²) in [6.07, 6.45) is 7.86. The van der Waals surface area contributed by atoms with E-state index in [-0.39, 0.29) is 11.9 Å². The van der Waals surface area contributed by atoms with E-state index in [4.69, 9.17) is 10.5 Å². The fraction of sp³-hybridized carbons (Fsp3) is 0.250. The molecule has 10 nitrogen and oxygen atoms in total. The molecule has 12 heteroatoms. The molecule has 5 heterocycles. The minimum Gasteiger partial charge on any atom is -0.456 e. The fourth-order valence-electron chi connectivity index (χ4n) is 4.43. The Kier molecular flexibility index (Phi) is 5.91. The van der Waals surface area contributed by atoms with Crippen molar-refractivity contribution < 1.29 is 9.13 Å². The summed E-state index contributed by atoms with van der Waals surface area (Å²) < 4.78 is 24.1. The molecule has 0 saturated carbocycles. The van der Waals surface area contributed by atoms with Gasteiger partial charge in [-0.25, -0.2) is 23.4 Å². The van der Waals surface area contributed by atoms with Gasteiger partial charge in [-0.1, -0.05) is 0 Å². The van der Waals surface area contributed by atoms with Gasteiger partial charge in [0.2, 0.25) is 0 Å². The van der Waals surface area contributed by atoms with Gasteiger partial charge in [0.15, 0.2) is 11.5 Å². The lowest BCUT2D eigenvalue weighted by Gasteiger charge is -2.29. The van der Waals surface area contributed by atoms with Crippen LogP contribution < -0.4 is 15.8 Å². The predicted octanol–water partition coefficient (Wildman–Crippen LogP) is 3.66. The summed E-state index contributed by atoms with van der Waals surface area (Å²) >= 11 is 4.61. The highest BCUT2D eigenvalue weighted by Crippen LogP contribution is 2.33. The van der Waals surface area contributed by atoms with Crippen LogP contribution in [-0.4, -0.2) is 53.2 Å². The Morgan fingerprint density at radius 2 is 1.89 bits per heavy atom. The summed E-state index contributed by atoms with van der Waals surface area (Å²) in [6, 6.07) is 9.31. The van der Waals surface area contributed by atoms with Gasteiger partial charge in [0.05, 0.1) is 6.20 Å². The summed E-state index contributed by atoms with van der Waals surface area (Å²) in [5, 5.41) is 11.6. The second-order valence-corrected chi connectivity index (χ2v) is 9.29. The summed E-state index contributed by atoms with van der Waals surface area (Å²) in [6.45, 7) is 2.14. The zero-order valence-corrected chi connectivity index (χ0v) is 20.1. The lowest BCUT2D eigenvalue weighted by atomic mass is 10.1. The number of benzene rings is 1. The second-order valence-electron chi connectivity index (χ2n) is 8.81. The standard InChI is InChI=1S/C24H24FN9OS/c25-19-12-34-23(18(19)11-32-6-3-15(26)4-7-32)24(28-14-30-34)31-16-1-2-20(21(36)9-16)35-17-5-8-33-22(10-17)27-13-29-33/h1-2,5,8-10,12-15,36H,3-4,6-7,11,26H2,(H,28,30,31). The van der Waals surface area contributed by atoms with Gasteiger partial charge >= 0.3 is 0 Å². The van der Waals surface area contributed by atoms with Crippen molar-refractivity contribution in [1.82, 2.24) is 34.1 Å². The van der Waals surface area contributed by atoms with E-state index in [2.05, 4.69) is 43.0 Å². The second kappa shape index (κ2) is 9.37. The molecular formula is C24H24FN9OS. The van der Waals surface area contributed by atoms with Crippen LogP contribution in [-0.2, 0) is 6.54 Å². The maximum absolute atomic E-state index is 14.9. The Morgan fingerprint density at radius 3 is 2.72 bits per heavy atom. The van der Waals surface area contributed by atoms with Crippen molar-refractivity contribution in [2.45, 2.75) is 30.3 Å². The summed E-state index contributed by atoms with van der Waals surface area (Å²) in [5.74, 6) is 1.40. The molecule has 0 amide bonds. The number of piperidine rings is 1. The van der Waals surface area contributed by atoms with Gasteiger partial charge in [-0.2, -0.15) is 10.2 Å². The van der Waals surface area contributed by atoms with E-state index in [0.717, 1.165) is 31.6 Å². The number of hydrogen-bond acceptors (Lipinski definition) is 9. The van der Waals surface area contributed by atoms with Crippen LogP contribution in [0.2, 0.25) is 0 Å². The van der Waals surface area contributed by atoms with Gasteiger partial charge < -0.3 is 15.8 Å². The quantitative estimate of drug-likeness (QED) is 0.300. The first kappa shape index (κ1) is 22.7. The van der Waals surface area contributed by atoms with Crippen LogP contribution in [0.3, 0.4) is 0 Å². The number of nitrogens with zero attached hydrogens (tertiary/aromatic N) is 7. The van der Waals surface area contributed by atoms with Crippen LogP contribution in [0.4, 0.5) is 15.9 Å². The number of rotatable bonds is 6. The number of aromatic nitrogens is 6. The number of nitrogens with one attached hydrogen (secondary N) is 1. The molecule has 1 aliphatic rings. The first-order chi connectivity index (χ1) is 17.5. The minimum atomic E-state index is -0.309. The summed E-state index contributed by atoms with van der Waals surface area (Å²) in [4.78, 5) is 11.4. The van der Waals surface area contributed by atoms with Crippen molar-refractivity contribution in [2.24, 2.45) is 5.73 Å². The number of hydrogen-bond donors (Lipinski definition) is 3. The highest BCUT2D eigenvalue weighted by molar-refractivity contribution is 7.80. The Bertz CT molecular complexity index is 1540. The van der Waals surface area contributed by atoms with E-state index in [1.165, 1.54) is 23.4 Å². The first-order valence-electron chi connectivity index (χ1n) is 11.6. The van der Waals surface area contributed by atoms with E-state index >= 15 is 0 Å². The van der Waals surface area contributed by atoms with Gasteiger partial charge in [0.1, 0.15) is 35.5 Å². The maximum atomic E-state index is 14.9. The highest BCUT2D eigenvalue weighted by Gasteiger charge is 2.22. The molecule has 5 aromatic rings. The first-order valence-corrected chi connectivity index (χ1v) is 12.0. The van der Waals surface area contributed by atoms with E-state index < -0.39 is 0 Å². The SMILES string of the molecule is NC1CCN(Cc2c(F)cn3ncnc(Nc4ccc(Oc5ccn6ncnc6c5)c(S)c4)c23)CC1. The van der Waals surface area contributed by atoms with E-state index in [0.29, 0.717) is 45.5 Å². The number of pyridine rings is 1. The third-order valence-electron chi connectivity index (χ3n) is 6.34. The smallest absolute Gasteiger partial charge is 0.158 e. The molecule has 0 radical (unpaired) electrons. The number of thiol groups is 1. The van der Waals surface area contributed by atoms with Gasteiger partial charge in [-0.3, -0.25) is 4.90 Å². The van der Waals surface area contributed by atoms with Crippen molar-refractivity contribution >= 4 is 35.3 Å². The van der Waals surface area contributed by atoms with Gasteiger partial charge in [-0.05, 0) is 50.2 Å². The number of nitrogens with two attached hydrogens (primary N) is 1. The van der Waals surface area contributed by atoms with Crippen LogP contribution in [0.1, 0.15) is 18.4 Å². The normalized spacial score (nSPS) is 15.1. The zero-order chi connectivity index (χ0) is 24.6. The van der Waals surface area contributed by atoms with Gasteiger partial charge in [0, 0.05) is 41.0 Å². The Morgan fingerprint density at radius 1 is 1.08 bits per heavy atom. The van der Waals surface area contributed by atoms with Gasteiger partial charge in [-0.15, -0.1) is 12.6 Å². The molecule has 0 aliphatic carbocycles. The Balaban J connectivity index is 1.25. The molecule has 1 saturated heterocycles. The average Bonchev–Trinajstić information content (AvgIpc) is 3.46. The molecule has 1 aliphatic heterocycles. The Labute approximate surface area is 211 Å². The zero-order valence-electron chi connectivity index (χ0n) is 19.3. The topological polar surface area (TPSA) is 111 Å². The number of likely N-dealkylation sites (tertiary alicyclic amines) is 1. The molecule has 3 N–H and O–H groups in total. The van der Waals surface area contributed by atoms with Gasteiger partial charge in [0.25, 0.3) is 0 Å². The molecule has 6 rings (SSSR count). The molecule has 184 valence electrons. The van der Waals surface area contributed by atoms with Crippen LogP contribution >= 0.6 is 12.6 Å². The fourth-order valence-corrected chi connectivity index (χ4v) is 4.69. The Hall–Kier alpha value is -3.74. The predicted molar refractivity (Wildman–Crippen MR) is 135 cm³/mol. The number of halogens is 1. The van der Waals surface area contributed by atoms with Crippen LogP contribution in [0.25, 0.3) is 11.2 Å². The maximum Gasteiger partial charge on any atom is 0.158 e. The third kappa shape index (κ3) is 4.45. The summed E-state index contributed by atoms with van der Waals surface area (Å²) in [5.41, 5.74) is 8.61. The molecular weight excluding hydrogens is 481 g/mol. The molecule has 0 unspecified atom stereocenters. The molecule has 36 heavy (non-hydrogen) atoms. The van der Waals surface area contributed by atoms with E-state index in [9.17, 15) is 4.39 Å². The van der Waals surface area contributed by atoms with Crippen molar-refractivity contribution in [1.29, 1.82) is 0 Å². The number of fused-ring (bicyclic) bond motifs is 2. The summed E-state index contributed by atoms with van der Waals surface area (Å²) in [7, 11) is 0. The molecule has 0 bridgehead atoms. The molecule has 1 fully saturated rings. The van der Waals surface area contributed by atoms with Crippen molar-refractivity contribution in [2.75, 3.05) is 18.4 Å². The largest absolute Gasteiger partial charge is 0.456 e. The molecule has 4 aromatic heterocycles. The third-order valence-corrected chi connectivity index (χ3v) is 6.69. The van der Waals surface area contributed by atoms with E-state index in [1.807, 2.05) is 18.2 Å². The van der Waals surface area contributed by atoms with Crippen molar-refractivity contribution in [3.8, 4) is 11.5 Å². The monoisotopic (exact) mass is 505 g/mol. The number of anilines is 2. The van der Waals surface area contributed by atoms with Crippen LogP contribution in [0.15, 0.2) is 60.3 Å². The van der Waals surface area contributed by atoms with E-state index in [1.54, 1.807) is 22.8 Å². The lowest BCUT2D eigenvalue weighted by molar-refractivity contribution is 0.204. The average molecular weight is 506 g/mol. The molecule has 0 atom stereocenters. The highest BCUT2D eigenvalue weighted by atomic mass is 32.1. The van der Waals surface area contributed by atoms with Crippen molar-refractivity contribution in [3.63, 3.8) is 0 Å². The minimum absolute atomic E-state index is 0.213. The van der Waals surface area contributed by atoms with Crippen LogP contribution in [0.5, 0.6) is 11.5 Å². The molecule has 1 aromatic carbocycles.